The Balaban J connectivity index is 1.31. The minimum Gasteiger partial charge on any atom is -0.493 e. The summed E-state index contributed by atoms with van der Waals surface area (Å²) >= 11 is 0. The van der Waals surface area contributed by atoms with Gasteiger partial charge in [-0.3, -0.25) is 4.90 Å². The van der Waals surface area contributed by atoms with Crippen molar-refractivity contribution in [3.8, 4) is 11.5 Å². The minimum absolute atomic E-state index is 0.0145. The predicted octanol–water partition coefficient (Wildman–Crippen LogP) is 5.40. The third-order valence-electron chi connectivity index (χ3n) is 7.81. The number of methoxy groups -OCH3 is 1. The van der Waals surface area contributed by atoms with Crippen LogP contribution in [0.5, 0.6) is 11.5 Å². The first kappa shape index (κ1) is 22.2. The van der Waals surface area contributed by atoms with Gasteiger partial charge in [0.15, 0.2) is 11.5 Å². The first-order chi connectivity index (χ1) is 17.2. The van der Waals surface area contributed by atoms with Crippen LogP contribution in [0.25, 0.3) is 10.9 Å². The molecule has 1 aromatic heterocycles. The van der Waals surface area contributed by atoms with Gasteiger partial charge in [-0.15, -0.1) is 0 Å². The second-order valence-corrected chi connectivity index (χ2v) is 9.61. The van der Waals surface area contributed by atoms with Crippen molar-refractivity contribution < 1.29 is 14.6 Å². The standard InChI is InChI=1S/C30H32N2O3/c1-3-20-8-10-21(11-9-20)18-35-30-14-22-12-13-31-17-28-25(15-27(31)24(22)16-29(30)34-2)23-6-4-5-7-26(23)32(28)19-33/h4-11,14,16,27,33H,3,12-13,15,17-19H2,1-2H3. The van der Waals surface area contributed by atoms with Crippen molar-refractivity contribution in [2.45, 2.75) is 52.1 Å². The van der Waals surface area contributed by atoms with Crippen molar-refractivity contribution in [3.05, 3.63) is 94.2 Å². The van der Waals surface area contributed by atoms with E-state index in [0.717, 1.165) is 54.9 Å². The summed E-state index contributed by atoms with van der Waals surface area (Å²) in [5.41, 5.74) is 8.90. The van der Waals surface area contributed by atoms with Gasteiger partial charge < -0.3 is 19.1 Å². The van der Waals surface area contributed by atoms with E-state index in [1.807, 2.05) is 6.07 Å². The van der Waals surface area contributed by atoms with Gasteiger partial charge in [0.1, 0.15) is 13.3 Å². The summed E-state index contributed by atoms with van der Waals surface area (Å²) < 4.78 is 14.1. The van der Waals surface area contributed by atoms with Gasteiger partial charge in [-0.2, -0.15) is 0 Å². The molecular weight excluding hydrogens is 436 g/mol. The van der Waals surface area contributed by atoms with Gasteiger partial charge in [0.25, 0.3) is 0 Å². The fraction of sp³-hybridized carbons (Fsp3) is 0.333. The first-order valence-corrected chi connectivity index (χ1v) is 12.6. The maximum absolute atomic E-state index is 10.1. The Morgan fingerprint density at radius 1 is 1.00 bits per heavy atom. The van der Waals surface area contributed by atoms with Crippen LogP contribution < -0.4 is 9.47 Å². The second kappa shape index (κ2) is 9.06. The van der Waals surface area contributed by atoms with E-state index in [-0.39, 0.29) is 6.73 Å². The Labute approximate surface area is 206 Å². The number of hydrogen-bond donors (Lipinski definition) is 1. The van der Waals surface area contributed by atoms with Crippen molar-refractivity contribution in [2.24, 2.45) is 0 Å². The highest BCUT2D eigenvalue weighted by Gasteiger charge is 2.35. The lowest BCUT2D eigenvalue weighted by Gasteiger charge is -2.41. The number of ether oxygens (including phenoxy) is 2. The molecule has 5 nitrogen and oxygen atoms in total. The zero-order valence-electron chi connectivity index (χ0n) is 20.5. The molecule has 180 valence electrons. The highest BCUT2D eigenvalue weighted by atomic mass is 16.5. The molecule has 35 heavy (non-hydrogen) atoms. The summed E-state index contributed by atoms with van der Waals surface area (Å²) in [5, 5.41) is 11.4. The molecule has 0 aliphatic carbocycles. The van der Waals surface area contributed by atoms with Crippen molar-refractivity contribution in [2.75, 3.05) is 13.7 Å². The van der Waals surface area contributed by atoms with E-state index >= 15 is 0 Å². The zero-order valence-corrected chi connectivity index (χ0v) is 20.5. The maximum Gasteiger partial charge on any atom is 0.161 e. The zero-order chi connectivity index (χ0) is 23.9. The maximum atomic E-state index is 10.1. The molecule has 0 saturated carbocycles. The van der Waals surface area contributed by atoms with E-state index in [1.54, 1.807) is 7.11 Å². The number of aryl methyl sites for hydroxylation is 1. The van der Waals surface area contributed by atoms with Crippen LogP contribution in [0.15, 0.2) is 60.7 Å². The highest BCUT2D eigenvalue weighted by molar-refractivity contribution is 5.86. The molecule has 0 saturated heterocycles. The number of aromatic nitrogens is 1. The smallest absolute Gasteiger partial charge is 0.161 e. The van der Waals surface area contributed by atoms with Crippen LogP contribution in [-0.4, -0.2) is 28.2 Å². The number of aliphatic hydroxyl groups excluding tert-OH is 1. The molecule has 6 rings (SSSR count). The number of para-hydroxylation sites is 1. The van der Waals surface area contributed by atoms with Crippen LogP contribution >= 0.6 is 0 Å². The summed E-state index contributed by atoms with van der Waals surface area (Å²) in [6.45, 7) is 4.55. The molecule has 0 spiro atoms. The Morgan fingerprint density at radius 2 is 1.80 bits per heavy atom. The molecule has 0 bridgehead atoms. The van der Waals surface area contributed by atoms with Gasteiger partial charge in [-0.1, -0.05) is 49.4 Å². The number of hydrogen-bond acceptors (Lipinski definition) is 4. The Kier molecular flexibility index (Phi) is 5.75. The van der Waals surface area contributed by atoms with Gasteiger partial charge in [-0.05, 0) is 65.3 Å². The Bertz CT molecular complexity index is 1370. The Morgan fingerprint density at radius 3 is 2.57 bits per heavy atom. The molecule has 1 N–H and O–H groups in total. The number of fused-ring (bicyclic) bond motifs is 6. The van der Waals surface area contributed by atoms with Gasteiger partial charge in [0, 0.05) is 30.2 Å². The summed E-state index contributed by atoms with van der Waals surface area (Å²) in [4.78, 5) is 2.55. The average molecular weight is 469 g/mol. The average Bonchev–Trinajstić information content (AvgIpc) is 3.22. The van der Waals surface area contributed by atoms with Crippen molar-refractivity contribution >= 4 is 10.9 Å². The number of rotatable bonds is 6. The third kappa shape index (κ3) is 3.79. The van der Waals surface area contributed by atoms with Gasteiger partial charge in [0.2, 0.25) is 0 Å². The molecular formula is C30H32N2O3. The molecule has 0 fully saturated rings. The summed E-state index contributed by atoms with van der Waals surface area (Å²) in [6.07, 6.45) is 2.95. The summed E-state index contributed by atoms with van der Waals surface area (Å²) in [5.74, 6) is 1.60. The van der Waals surface area contributed by atoms with E-state index < -0.39 is 0 Å². The van der Waals surface area contributed by atoms with Crippen molar-refractivity contribution in [3.63, 3.8) is 0 Å². The van der Waals surface area contributed by atoms with Gasteiger partial charge >= 0.3 is 0 Å². The molecule has 5 heteroatoms. The quantitative estimate of drug-likeness (QED) is 0.412. The van der Waals surface area contributed by atoms with Crippen LogP contribution in [0, 0.1) is 0 Å². The fourth-order valence-electron chi connectivity index (χ4n) is 5.88. The van der Waals surface area contributed by atoms with Crippen LogP contribution in [0.3, 0.4) is 0 Å². The predicted molar refractivity (Wildman–Crippen MR) is 138 cm³/mol. The van der Waals surface area contributed by atoms with E-state index in [4.69, 9.17) is 9.47 Å². The number of benzene rings is 3. The van der Waals surface area contributed by atoms with Crippen LogP contribution in [0.1, 0.15) is 46.5 Å². The van der Waals surface area contributed by atoms with E-state index in [1.165, 1.54) is 33.3 Å². The SMILES string of the molecule is CCc1ccc(COc2cc3c(cc2OC)C2Cc4c(n(CO)c5ccccc45)CN2CC3)cc1. The molecule has 1 atom stereocenters. The molecule has 1 unspecified atom stereocenters. The number of aliphatic hydroxyl groups is 1. The summed E-state index contributed by atoms with van der Waals surface area (Å²) in [6, 6.07) is 21.7. The third-order valence-corrected chi connectivity index (χ3v) is 7.81. The lowest BCUT2D eigenvalue weighted by Crippen LogP contribution is -2.39. The topological polar surface area (TPSA) is 46.9 Å². The van der Waals surface area contributed by atoms with E-state index in [0.29, 0.717) is 12.6 Å². The normalized spacial score (nSPS) is 17.1. The fourth-order valence-corrected chi connectivity index (χ4v) is 5.88. The lowest BCUT2D eigenvalue weighted by molar-refractivity contribution is 0.145. The summed E-state index contributed by atoms with van der Waals surface area (Å²) in [7, 11) is 1.72. The van der Waals surface area contributed by atoms with Crippen LogP contribution in [0.2, 0.25) is 0 Å². The molecule has 2 aliphatic rings. The molecule has 3 heterocycles. The highest BCUT2D eigenvalue weighted by Crippen LogP contribution is 2.44. The van der Waals surface area contributed by atoms with Gasteiger partial charge in [-0.25, -0.2) is 0 Å². The molecule has 3 aromatic carbocycles. The first-order valence-electron chi connectivity index (χ1n) is 12.6. The van der Waals surface area contributed by atoms with Crippen LogP contribution in [-0.2, 0) is 39.1 Å². The molecule has 0 amide bonds. The largest absolute Gasteiger partial charge is 0.493 e. The molecule has 0 radical (unpaired) electrons. The molecule has 2 aliphatic heterocycles. The van der Waals surface area contributed by atoms with Crippen molar-refractivity contribution in [1.82, 2.24) is 9.47 Å². The molecule has 4 aromatic rings. The second-order valence-electron chi connectivity index (χ2n) is 9.61. The van der Waals surface area contributed by atoms with Gasteiger partial charge in [0.05, 0.1) is 12.6 Å². The van der Waals surface area contributed by atoms with E-state index in [2.05, 4.69) is 71.0 Å². The monoisotopic (exact) mass is 468 g/mol. The van der Waals surface area contributed by atoms with E-state index in [9.17, 15) is 5.11 Å². The van der Waals surface area contributed by atoms with Crippen LogP contribution in [0.4, 0.5) is 0 Å². The van der Waals surface area contributed by atoms with Crippen molar-refractivity contribution in [1.29, 1.82) is 0 Å². The number of nitrogens with zero attached hydrogens (tertiary/aromatic N) is 2. The minimum atomic E-state index is 0.0145. The Hall–Kier alpha value is -3.28. The lowest BCUT2D eigenvalue weighted by atomic mass is 9.85.